The lowest BCUT2D eigenvalue weighted by Gasteiger charge is -2.30. The number of likely N-dealkylation sites (N-methyl/N-ethyl adjacent to an activating group) is 1. The Balaban J connectivity index is 2.19. The van der Waals surface area contributed by atoms with Crippen molar-refractivity contribution >= 4 is 11.9 Å². The Kier molecular flexibility index (Phi) is 4.90. The predicted octanol–water partition coefficient (Wildman–Crippen LogP) is 3.05. The van der Waals surface area contributed by atoms with Gasteiger partial charge in [0.1, 0.15) is 11.6 Å². The average Bonchev–Trinajstić information content (AvgIpc) is 2.85. The summed E-state index contributed by atoms with van der Waals surface area (Å²) < 4.78 is 70.8. The molecule has 3 unspecified atom stereocenters. The molecule has 1 aromatic rings. The highest BCUT2D eigenvalue weighted by atomic mass is 19.3. The van der Waals surface area contributed by atoms with Crippen LogP contribution in [0.15, 0.2) is 46.7 Å². The van der Waals surface area contributed by atoms with Crippen molar-refractivity contribution in [2.24, 2.45) is 10.7 Å². The number of carbonyl (C=O) groups is 1. The number of ether oxygens (including phenoxy) is 1. The summed E-state index contributed by atoms with van der Waals surface area (Å²) in [7, 11) is 1.32. The zero-order valence-electron chi connectivity index (χ0n) is 14.8. The number of aryl methyl sites for hydroxylation is 1. The second-order valence-electron chi connectivity index (χ2n) is 6.40. The molecule has 150 valence electrons. The number of nitrogens with two attached hydrogens (primary N) is 1. The number of halogens is 5. The van der Waals surface area contributed by atoms with Crippen LogP contribution in [0.4, 0.5) is 22.0 Å². The first-order chi connectivity index (χ1) is 13.1. The standard InChI is InChI=1S/C18H16F5N3O2/c1-8-5-9(3-4-13(8)28-16(22)23)18(15(27)26(2)17(24)25-18)10-6-11(19)14(21)12(20)7-10/h3-7,11,14,16H,1-2H3,(H2,24,25). The minimum Gasteiger partial charge on any atom is -0.435 e. The molecule has 3 rings (SSSR count). The zero-order valence-corrected chi connectivity index (χ0v) is 14.8. The third-order valence-electron chi connectivity index (χ3n) is 4.64. The van der Waals surface area contributed by atoms with Gasteiger partial charge in [-0.25, -0.2) is 18.2 Å². The van der Waals surface area contributed by atoms with Gasteiger partial charge in [0, 0.05) is 7.05 Å². The third-order valence-corrected chi connectivity index (χ3v) is 4.64. The van der Waals surface area contributed by atoms with Crippen molar-refractivity contribution in [3.8, 4) is 5.75 Å². The van der Waals surface area contributed by atoms with E-state index >= 15 is 0 Å². The maximum atomic E-state index is 14.0. The number of guanidine groups is 1. The maximum Gasteiger partial charge on any atom is 0.387 e. The molecule has 28 heavy (non-hydrogen) atoms. The molecule has 1 heterocycles. The summed E-state index contributed by atoms with van der Waals surface area (Å²) in [6.07, 6.45) is -3.34. The van der Waals surface area contributed by atoms with Crippen LogP contribution in [0.2, 0.25) is 0 Å². The number of benzene rings is 1. The largest absolute Gasteiger partial charge is 0.435 e. The Morgan fingerprint density at radius 2 is 2.00 bits per heavy atom. The first-order valence-corrected chi connectivity index (χ1v) is 8.15. The van der Waals surface area contributed by atoms with Crippen molar-refractivity contribution in [2.45, 2.75) is 31.4 Å². The van der Waals surface area contributed by atoms with E-state index in [9.17, 15) is 26.7 Å². The van der Waals surface area contributed by atoms with E-state index in [4.69, 9.17) is 5.73 Å². The van der Waals surface area contributed by atoms with Crippen LogP contribution in [-0.2, 0) is 10.3 Å². The molecule has 10 heteroatoms. The van der Waals surface area contributed by atoms with E-state index in [0.29, 0.717) is 6.08 Å². The summed E-state index contributed by atoms with van der Waals surface area (Å²) in [6.45, 7) is -1.61. The van der Waals surface area contributed by atoms with E-state index in [1.807, 2.05) is 0 Å². The first kappa shape index (κ1) is 19.8. The molecule has 0 bridgehead atoms. The Labute approximate surface area is 157 Å². The Hall–Kier alpha value is -2.91. The fraction of sp³-hybridized carbons (Fsp3) is 0.333. The van der Waals surface area contributed by atoms with Crippen LogP contribution in [0.5, 0.6) is 5.75 Å². The molecule has 1 aliphatic heterocycles. The van der Waals surface area contributed by atoms with Crippen molar-refractivity contribution in [1.82, 2.24) is 4.90 Å². The van der Waals surface area contributed by atoms with Crippen molar-refractivity contribution in [1.29, 1.82) is 0 Å². The molecule has 0 spiro atoms. The average molecular weight is 401 g/mol. The normalized spacial score (nSPS) is 27.6. The molecule has 2 N–H and O–H groups in total. The van der Waals surface area contributed by atoms with Crippen LogP contribution in [0.1, 0.15) is 11.1 Å². The monoisotopic (exact) mass is 401 g/mol. The molecular formula is C18H16F5N3O2. The van der Waals surface area contributed by atoms with E-state index < -0.39 is 36.2 Å². The van der Waals surface area contributed by atoms with Crippen molar-refractivity contribution in [3.63, 3.8) is 0 Å². The van der Waals surface area contributed by atoms with Crippen molar-refractivity contribution in [2.75, 3.05) is 7.05 Å². The fourth-order valence-electron chi connectivity index (χ4n) is 3.20. The lowest BCUT2D eigenvalue weighted by atomic mass is 9.79. The molecule has 2 aliphatic rings. The van der Waals surface area contributed by atoms with E-state index in [0.717, 1.165) is 11.0 Å². The number of nitrogens with zero attached hydrogens (tertiary/aromatic N) is 2. The number of carbonyl (C=O) groups excluding carboxylic acids is 1. The summed E-state index contributed by atoms with van der Waals surface area (Å²) in [6, 6.07) is 3.77. The predicted molar refractivity (Wildman–Crippen MR) is 90.9 cm³/mol. The van der Waals surface area contributed by atoms with Crippen molar-refractivity contribution in [3.05, 3.63) is 52.9 Å². The second-order valence-corrected chi connectivity index (χ2v) is 6.40. The molecule has 3 atom stereocenters. The molecule has 0 aromatic heterocycles. The summed E-state index contributed by atoms with van der Waals surface area (Å²) in [5.74, 6) is -2.49. The number of hydrogen-bond acceptors (Lipinski definition) is 4. The zero-order chi connectivity index (χ0) is 20.8. The van der Waals surface area contributed by atoms with Gasteiger partial charge in [0.2, 0.25) is 0 Å². The van der Waals surface area contributed by atoms with Crippen LogP contribution in [-0.4, -0.2) is 42.8 Å². The number of aliphatic imine (C=N–C) groups is 1. The smallest absolute Gasteiger partial charge is 0.387 e. The van der Waals surface area contributed by atoms with Gasteiger partial charge < -0.3 is 10.5 Å². The van der Waals surface area contributed by atoms with Gasteiger partial charge in [0.05, 0.1) is 0 Å². The Morgan fingerprint density at radius 3 is 2.50 bits per heavy atom. The highest BCUT2D eigenvalue weighted by Crippen LogP contribution is 2.44. The topological polar surface area (TPSA) is 67.9 Å². The highest BCUT2D eigenvalue weighted by molar-refractivity contribution is 6.09. The number of alkyl halides is 4. The van der Waals surface area contributed by atoms with Crippen LogP contribution >= 0.6 is 0 Å². The Morgan fingerprint density at radius 1 is 1.32 bits per heavy atom. The SMILES string of the molecule is Cc1cc(C2(C3=CC(F)C(F)C(F)=C3)N=C(N)N(C)C2=O)ccc1OC(F)F. The first-order valence-electron chi connectivity index (χ1n) is 8.15. The quantitative estimate of drug-likeness (QED) is 0.789. The number of allylic oxidation sites excluding steroid dienone is 2. The molecule has 1 aromatic carbocycles. The molecule has 0 saturated carbocycles. The summed E-state index contributed by atoms with van der Waals surface area (Å²) >= 11 is 0. The van der Waals surface area contributed by atoms with Gasteiger partial charge in [-0.15, -0.1) is 0 Å². The number of amides is 1. The van der Waals surface area contributed by atoms with E-state index in [1.54, 1.807) is 0 Å². The Bertz CT molecular complexity index is 914. The molecule has 0 radical (unpaired) electrons. The highest BCUT2D eigenvalue weighted by Gasteiger charge is 2.52. The lowest BCUT2D eigenvalue weighted by Crippen LogP contribution is -2.42. The van der Waals surface area contributed by atoms with E-state index in [-0.39, 0.29) is 28.4 Å². The summed E-state index contributed by atoms with van der Waals surface area (Å²) in [5.41, 5.74) is 3.86. The minimum absolute atomic E-state index is 0.115. The minimum atomic E-state index is -3.06. The van der Waals surface area contributed by atoms with Gasteiger partial charge in [-0.3, -0.25) is 9.69 Å². The number of rotatable bonds is 4. The van der Waals surface area contributed by atoms with Crippen LogP contribution in [0.3, 0.4) is 0 Å². The third kappa shape index (κ3) is 3.02. The molecule has 0 saturated heterocycles. The molecule has 5 nitrogen and oxygen atoms in total. The van der Waals surface area contributed by atoms with Crippen LogP contribution < -0.4 is 10.5 Å². The van der Waals surface area contributed by atoms with Gasteiger partial charge in [-0.1, -0.05) is 6.07 Å². The molecule has 1 aliphatic carbocycles. The van der Waals surface area contributed by atoms with Gasteiger partial charge in [0.15, 0.2) is 23.8 Å². The van der Waals surface area contributed by atoms with Gasteiger partial charge >= 0.3 is 6.61 Å². The van der Waals surface area contributed by atoms with Crippen molar-refractivity contribution < 1.29 is 31.5 Å². The van der Waals surface area contributed by atoms with E-state index in [1.165, 1.54) is 32.2 Å². The van der Waals surface area contributed by atoms with Gasteiger partial charge in [0.25, 0.3) is 5.91 Å². The van der Waals surface area contributed by atoms with Gasteiger partial charge in [-0.2, -0.15) is 8.78 Å². The lowest BCUT2D eigenvalue weighted by molar-refractivity contribution is -0.129. The molecule has 1 amide bonds. The van der Waals surface area contributed by atoms with E-state index in [2.05, 4.69) is 9.73 Å². The summed E-state index contributed by atoms with van der Waals surface area (Å²) in [4.78, 5) is 18.1. The fourth-order valence-corrected chi connectivity index (χ4v) is 3.20. The van der Waals surface area contributed by atoms with Crippen LogP contribution in [0.25, 0.3) is 0 Å². The maximum absolute atomic E-state index is 14.0. The van der Waals surface area contributed by atoms with Crippen LogP contribution in [0, 0.1) is 6.92 Å². The molecular weight excluding hydrogens is 385 g/mol. The number of hydrogen-bond donors (Lipinski definition) is 1. The summed E-state index contributed by atoms with van der Waals surface area (Å²) in [5, 5.41) is 0. The van der Waals surface area contributed by atoms with Gasteiger partial charge in [-0.05, 0) is 47.9 Å². The second kappa shape index (κ2) is 6.92. The molecule has 0 fully saturated rings.